The van der Waals surface area contributed by atoms with E-state index in [9.17, 15) is 22.8 Å². The van der Waals surface area contributed by atoms with Gasteiger partial charge < -0.3 is 15.0 Å². The van der Waals surface area contributed by atoms with Crippen LogP contribution in [0.4, 0.5) is 29.5 Å². The van der Waals surface area contributed by atoms with Gasteiger partial charge in [0.05, 0.1) is 29.8 Å². The van der Waals surface area contributed by atoms with Gasteiger partial charge in [-0.1, -0.05) is 12.1 Å². The average Bonchev–Trinajstić information content (AvgIpc) is 2.77. The van der Waals surface area contributed by atoms with Crippen LogP contribution in [0.5, 0.6) is 0 Å². The summed E-state index contributed by atoms with van der Waals surface area (Å²) in [6.45, 7) is 3.87. The lowest BCUT2D eigenvalue weighted by atomic mass is 10.0. The summed E-state index contributed by atoms with van der Waals surface area (Å²) < 4.78 is 45.8. The lowest BCUT2D eigenvalue weighted by Gasteiger charge is -2.18. The number of hydrogen-bond acceptors (Lipinski definition) is 6. The number of ketones is 1. The number of hydrogen-bond donors (Lipinski definition) is 2. The number of amides is 2. The number of alkyl halides is 3. The Bertz CT molecular complexity index is 1190. The summed E-state index contributed by atoms with van der Waals surface area (Å²) in [6, 6.07) is 2.89. The second kappa shape index (κ2) is 10.7. The van der Waals surface area contributed by atoms with Gasteiger partial charge >= 0.3 is 12.2 Å². The Balaban J connectivity index is 1.74. The number of anilines is 2. The van der Waals surface area contributed by atoms with Crippen molar-refractivity contribution in [1.82, 2.24) is 14.9 Å². The molecule has 2 N–H and O–H groups in total. The number of carbonyl (C=O) groups is 2. The Morgan fingerprint density at radius 2 is 1.97 bits per heavy atom. The summed E-state index contributed by atoms with van der Waals surface area (Å²) in [5, 5.41) is 4.91. The number of rotatable bonds is 7. The standard InChI is InChI=1S/C24H26F3N5O3/c1-5-35-21-10-15(7-9-20(21)33)19-12-28-22(14(2)29-19)31-23(34)30-17-8-6-16(13-32(3)4)18(11-17)24(25,26)27/h6-8,10-12H,5,9,13H2,1-4H3,(H2,28,30,31,34). The topological polar surface area (TPSA) is 96.4 Å². The fraction of sp³-hybridized carbons (Fsp3) is 0.333. The third kappa shape index (κ3) is 6.66. The minimum Gasteiger partial charge on any atom is -0.490 e. The average molecular weight is 489 g/mol. The van der Waals surface area contributed by atoms with Gasteiger partial charge in [0.15, 0.2) is 11.6 Å². The fourth-order valence-corrected chi connectivity index (χ4v) is 3.45. The zero-order valence-corrected chi connectivity index (χ0v) is 19.8. The molecule has 0 aliphatic heterocycles. The maximum Gasteiger partial charge on any atom is 0.416 e. The molecule has 0 saturated carbocycles. The SMILES string of the molecule is CCOC1=CC(c2cnc(NC(=O)Nc3ccc(CN(C)C)c(C(F)(F)F)c3)c(C)n2)=CCC1=O. The number of Topliss-reactive ketones (excluding diaryl/α,β-unsaturated/α-hetero) is 1. The van der Waals surface area contributed by atoms with E-state index in [1.165, 1.54) is 18.3 Å². The quantitative estimate of drug-likeness (QED) is 0.581. The first-order valence-electron chi connectivity index (χ1n) is 10.8. The molecule has 0 unspecified atom stereocenters. The Hall–Kier alpha value is -3.73. The molecular weight excluding hydrogens is 463 g/mol. The minimum absolute atomic E-state index is 0.00909. The van der Waals surface area contributed by atoms with Gasteiger partial charge in [-0.2, -0.15) is 13.2 Å². The van der Waals surface area contributed by atoms with Crippen molar-refractivity contribution < 1.29 is 27.5 Å². The van der Waals surface area contributed by atoms with Crippen LogP contribution in [0.3, 0.4) is 0 Å². The molecule has 0 atom stereocenters. The summed E-state index contributed by atoms with van der Waals surface area (Å²) >= 11 is 0. The molecule has 1 aromatic carbocycles. The van der Waals surface area contributed by atoms with Crippen LogP contribution in [0.1, 0.15) is 35.9 Å². The van der Waals surface area contributed by atoms with Crippen molar-refractivity contribution in [3.63, 3.8) is 0 Å². The molecule has 1 heterocycles. The van der Waals surface area contributed by atoms with E-state index in [0.29, 0.717) is 23.6 Å². The number of nitrogens with zero attached hydrogens (tertiary/aromatic N) is 3. The number of urea groups is 1. The van der Waals surface area contributed by atoms with Crippen LogP contribution in [-0.4, -0.2) is 47.4 Å². The number of halogens is 3. The van der Waals surface area contributed by atoms with E-state index in [-0.39, 0.29) is 41.6 Å². The maximum atomic E-state index is 13.5. The lowest BCUT2D eigenvalue weighted by molar-refractivity contribution is -0.138. The molecular formula is C24H26F3N5O3. The number of allylic oxidation sites excluding steroid dienone is 4. The van der Waals surface area contributed by atoms with Crippen LogP contribution in [0.2, 0.25) is 0 Å². The van der Waals surface area contributed by atoms with E-state index in [2.05, 4.69) is 20.6 Å². The molecule has 35 heavy (non-hydrogen) atoms. The highest BCUT2D eigenvalue weighted by Crippen LogP contribution is 2.34. The summed E-state index contributed by atoms with van der Waals surface area (Å²) in [7, 11) is 3.35. The van der Waals surface area contributed by atoms with Crippen molar-refractivity contribution >= 4 is 28.9 Å². The maximum absolute atomic E-state index is 13.5. The predicted molar refractivity (Wildman–Crippen MR) is 126 cm³/mol. The fourth-order valence-electron chi connectivity index (χ4n) is 3.45. The number of aryl methyl sites for hydroxylation is 1. The molecule has 0 spiro atoms. The second-order valence-electron chi connectivity index (χ2n) is 8.10. The van der Waals surface area contributed by atoms with E-state index in [4.69, 9.17) is 4.74 Å². The Labute approximate surface area is 200 Å². The number of aromatic nitrogens is 2. The second-order valence-corrected chi connectivity index (χ2v) is 8.10. The van der Waals surface area contributed by atoms with Gasteiger partial charge in [0.25, 0.3) is 0 Å². The summed E-state index contributed by atoms with van der Waals surface area (Å²) in [5.41, 5.74) is 0.819. The van der Waals surface area contributed by atoms with Gasteiger partial charge in [-0.05, 0) is 51.7 Å². The summed E-state index contributed by atoms with van der Waals surface area (Å²) in [4.78, 5) is 34.6. The van der Waals surface area contributed by atoms with Crippen LogP contribution in [0.15, 0.2) is 42.3 Å². The largest absolute Gasteiger partial charge is 0.490 e. The highest BCUT2D eigenvalue weighted by Gasteiger charge is 2.33. The molecule has 1 aliphatic rings. The van der Waals surface area contributed by atoms with Crippen molar-refractivity contribution in [2.75, 3.05) is 31.3 Å². The molecule has 1 aromatic heterocycles. The first-order chi connectivity index (χ1) is 16.5. The van der Waals surface area contributed by atoms with Gasteiger partial charge in [-0.15, -0.1) is 0 Å². The van der Waals surface area contributed by atoms with Crippen LogP contribution in [-0.2, 0) is 22.3 Å². The predicted octanol–water partition coefficient (Wildman–Crippen LogP) is 4.79. The van der Waals surface area contributed by atoms with Crippen molar-refractivity contribution in [2.45, 2.75) is 33.0 Å². The molecule has 2 amide bonds. The highest BCUT2D eigenvalue weighted by molar-refractivity contribution is 6.01. The molecule has 2 aromatic rings. The Kier molecular flexibility index (Phi) is 7.90. The third-order valence-corrected chi connectivity index (χ3v) is 5.00. The van der Waals surface area contributed by atoms with Crippen molar-refractivity contribution in [1.29, 1.82) is 0 Å². The van der Waals surface area contributed by atoms with Crippen LogP contribution in [0, 0.1) is 6.92 Å². The molecule has 0 saturated heterocycles. The normalized spacial score (nSPS) is 13.9. The number of ether oxygens (including phenoxy) is 1. The third-order valence-electron chi connectivity index (χ3n) is 5.00. The van der Waals surface area contributed by atoms with Gasteiger partial charge in [-0.3, -0.25) is 10.1 Å². The van der Waals surface area contributed by atoms with Crippen molar-refractivity contribution in [2.24, 2.45) is 0 Å². The Morgan fingerprint density at radius 1 is 1.23 bits per heavy atom. The van der Waals surface area contributed by atoms with E-state index < -0.39 is 17.8 Å². The number of carbonyl (C=O) groups excluding carboxylic acids is 2. The molecule has 0 bridgehead atoms. The highest BCUT2D eigenvalue weighted by atomic mass is 19.4. The van der Waals surface area contributed by atoms with Gasteiger partial charge in [0.2, 0.25) is 5.78 Å². The minimum atomic E-state index is -4.56. The van der Waals surface area contributed by atoms with Gasteiger partial charge in [0.1, 0.15) is 0 Å². The first kappa shape index (κ1) is 25.9. The van der Waals surface area contributed by atoms with Crippen molar-refractivity contribution in [3.05, 3.63) is 64.8 Å². The van der Waals surface area contributed by atoms with Gasteiger partial charge in [0, 0.05) is 24.2 Å². The molecule has 1 aliphatic carbocycles. The summed E-state index contributed by atoms with van der Waals surface area (Å²) in [6.07, 6.45) is 0.356. The summed E-state index contributed by atoms with van der Waals surface area (Å²) in [5.74, 6) is 0.271. The van der Waals surface area contributed by atoms with Gasteiger partial charge in [-0.25, -0.2) is 14.8 Å². The van der Waals surface area contributed by atoms with E-state index in [1.54, 1.807) is 45.0 Å². The zero-order chi connectivity index (χ0) is 25.8. The van der Waals surface area contributed by atoms with Crippen molar-refractivity contribution in [3.8, 4) is 0 Å². The van der Waals surface area contributed by atoms with Crippen LogP contribution in [0.25, 0.3) is 5.57 Å². The first-order valence-corrected chi connectivity index (χ1v) is 10.8. The number of nitrogens with one attached hydrogen (secondary N) is 2. The smallest absolute Gasteiger partial charge is 0.416 e. The molecule has 186 valence electrons. The molecule has 8 nitrogen and oxygen atoms in total. The van der Waals surface area contributed by atoms with Crippen LogP contribution >= 0.6 is 0 Å². The lowest BCUT2D eigenvalue weighted by Crippen LogP contribution is -2.22. The van der Waals surface area contributed by atoms with Crippen LogP contribution < -0.4 is 10.6 Å². The Morgan fingerprint density at radius 3 is 2.60 bits per heavy atom. The molecule has 11 heteroatoms. The molecule has 3 rings (SSSR count). The number of benzene rings is 1. The van der Waals surface area contributed by atoms with E-state index >= 15 is 0 Å². The molecule has 0 fully saturated rings. The monoisotopic (exact) mass is 489 g/mol. The zero-order valence-electron chi connectivity index (χ0n) is 19.8. The van der Waals surface area contributed by atoms with E-state index in [0.717, 1.165) is 6.07 Å². The molecule has 0 radical (unpaired) electrons. The van der Waals surface area contributed by atoms with E-state index in [1.807, 2.05) is 0 Å².